The number of ether oxygens (including phenoxy) is 1. The summed E-state index contributed by atoms with van der Waals surface area (Å²) in [5.41, 5.74) is 2.92. The summed E-state index contributed by atoms with van der Waals surface area (Å²) in [7, 11) is 1.29. The number of methoxy groups -OCH3 is 1. The Kier molecular flexibility index (Phi) is 3.39. The van der Waals surface area contributed by atoms with Gasteiger partial charge in [-0.05, 0) is 23.3 Å². The summed E-state index contributed by atoms with van der Waals surface area (Å²) in [6.07, 6.45) is 0. The quantitative estimate of drug-likeness (QED) is 0.733. The van der Waals surface area contributed by atoms with E-state index in [-0.39, 0.29) is 12.5 Å². The maximum atomic E-state index is 11.7. The minimum atomic E-state index is -0.457. The highest BCUT2D eigenvalue weighted by Gasteiger charge is 2.13. The summed E-state index contributed by atoms with van der Waals surface area (Å²) < 4.78 is 4.45. The fourth-order valence-corrected chi connectivity index (χ4v) is 1.76. The molecule has 0 atom stereocenters. The molecule has 1 heterocycles. The molecule has 5 heteroatoms. The van der Waals surface area contributed by atoms with Gasteiger partial charge in [0.1, 0.15) is 6.54 Å². The van der Waals surface area contributed by atoms with E-state index in [9.17, 15) is 9.59 Å². The van der Waals surface area contributed by atoms with Crippen LogP contribution >= 0.6 is 0 Å². The number of rotatable bonds is 3. The molecule has 1 aromatic rings. The number of carbonyl (C=O) groups is 2. The molecule has 17 heavy (non-hydrogen) atoms. The lowest BCUT2D eigenvalue weighted by atomic mass is 10.1. The van der Waals surface area contributed by atoms with Gasteiger partial charge in [0.15, 0.2) is 0 Å². The van der Waals surface area contributed by atoms with Gasteiger partial charge in [0, 0.05) is 18.7 Å². The van der Waals surface area contributed by atoms with Crippen molar-refractivity contribution in [3.05, 3.63) is 34.9 Å². The van der Waals surface area contributed by atoms with Crippen LogP contribution in [0.5, 0.6) is 0 Å². The molecule has 0 bridgehead atoms. The molecular weight excluding hydrogens is 220 g/mol. The second-order valence-corrected chi connectivity index (χ2v) is 3.85. The first-order valence-corrected chi connectivity index (χ1v) is 5.38. The summed E-state index contributed by atoms with van der Waals surface area (Å²) in [5.74, 6) is -0.716. The van der Waals surface area contributed by atoms with Crippen LogP contribution in [0.25, 0.3) is 0 Å². The van der Waals surface area contributed by atoms with E-state index in [2.05, 4.69) is 15.4 Å². The molecule has 0 fully saturated rings. The van der Waals surface area contributed by atoms with Crippen molar-refractivity contribution in [2.24, 2.45) is 0 Å². The number of benzene rings is 1. The van der Waals surface area contributed by atoms with Crippen molar-refractivity contribution < 1.29 is 14.3 Å². The summed E-state index contributed by atoms with van der Waals surface area (Å²) in [6.45, 7) is 1.53. The lowest BCUT2D eigenvalue weighted by Crippen LogP contribution is -2.30. The molecule has 0 saturated carbocycles. The molecule has 1 aliphatic rings. The van der Waals surface area contributed by atoms with Gasteiger partial charge in [-0.2, -0.15) is 0 Å². The van der Waals surface area contributed by atoms with Crippen molar-refractivity contribution in [2.45, 2.75) is 13.1 Å². The Hall–Kier alpha value is -1.88. The number of nitrogens with one attached hydrogen (secondary N) is 2. The van der Waals surface area contributed by atoms with Crippen molar-refractivity contribution >= 4 is 11.9 Å². The fourth-order valence-electron chi connectivity index (χ4n) is 1.76. The van der Waals surface area contributed by atoms with Crippen molar-refractivity contribution in [1.29, 1.82) is 0 Å². The van der Waals surface area contributed by atoms with Crippen LogP contribution in [0.4, 0.5) is 0 Å². The molecule has 0 aromatic heterocycles. The Morgan fingerprint density at radius 1 is 1.35 bits per heavy atom. The van der Waals surface area contributed by atoms with E-state index in [1.54, 1.807) is 6.07 Å². The lowest BCUT2D eigenvalue weighted by Gasteiger charge is -2.05. The molecule has 0 unspecified atom stereocenters. The molecule has 1 aromatic carbocycles. The first-order chi connectivity index (χ1) is 8.20. The van der Waals surface area contributed by atoms with Gasteiger partial charge in [0.05, 0.1) is 7.11 Å². The molecule has 2 rings (SSSR count). The highest BCUT2D eigenvalue weighted by atomic mass is 16.5. The fraction of sp³-hybridized carbons (Fsp3) is 0.333. The summed E-state index contributed by atoms with van der Waals surface area (Å²) in [5, 5.41) is 5.71. The molecule has 0 saturated heterocycles. The Balaban J connectivity index is 2.02. The molecule has 1 amide bonds. The van der Waals surface area contributed by atoms with E-state index in [0.29, 0.717) is 5.56 Å². The monoisotopic (exact) mass is 234 g/mol. The summed E-state index contributed by atoms with van der Waals surface area (Å²) >= 11 is 0. The zero-order chi connectivity index (χ0) is 12.3. The third-order valence-electron chi connectivity index (χ3n) is 2.72. The number of esters is 1. The normalized spacial score (nSPS) is 13.0. The van der Waals surface area contributed by atoms with E-state index in [4.69, 9.17) is 0 Å². The Labute approximate surface area is 99.2 Å². The minimum absolute atomic E-state index is 0.106. The van der Waals surface area contributed by atoms with Crippen LogP contribution in [0.2, 0.25) is 0 Å². The second-order valence-electron chi connectivity index (χ2n) is 3.85. The maximum absolute atomic E-state index is 11.7. The van der Waals surface area contributed by atoms with Crippen molar-refractivity contribution in [3.63, 3.8) is 0 Å². The van der Waals surface area contributed by atoms with E-state index < -0.39 is 5.97 Å². The number of carbonyl (C=O) groups excluding carboxylic acids is 2. The van der Waals surface area contributed by atoms with Crippen molar-refractivity contribution in [2.75, 3.05) is 13.7 Å². The third-order valence-corrected chi connectivity index (χ3v) is 2.72. The number of amides is 1. The first-order valence-electron chi connectivity index (χ1n) is 5.38. The second kappa shape index (κ2) is 4.97. The smallest absolute Gasteiger partial charge is 0.325 e. The predicted octanol–water partition coefficient (Wildman–Crippen LogP) is 0.193. The predicted molar refractivity (Wildman–Crippen MR) is 61.3 cm³/mol. The van der Waals surface area contributed by atoms with Gasteiger partial charge < -0.3 is 15.4 Å². The molecule has 2 N–H and O–H groups in total. The average molecular weight is 234 g/mol. The molecule has 0 spiro atoms. The molecule has 0 aliphatic carbocycles. The van der Waals surface area contributed by atoms with Gasteiger partial charge in [-0.25, -0.2) is 0 Å². The van der Waals surface area contributed by atoms with Crippen molar-refractivity contribution in [1.82, 2.24) is 10.6 Å². The van der Waals surface area contributed by atoms with Crippen LogP contribution in [0.3, 0.4) is 0 Å². The average Bonchev–Trinajstić information content (AvgIpc) is 2.82. The maximum Gasteiger partial charge on any atom is 0.325 e. The Morgan fingerprint density at radius 3 is 2.88 bits per heavy atom. The van der Waals surface area contributed by atoms with Gasteiger partial charge in [0.2, 0.25) is 0 Å². The minimum Gasteiger partial charge on any atom is -0.468 e. The van der Waals surface area contributed by atoms with Gasteiger partial charge in [-0.1, -0.05) is 6.07 Å². The standard InChI is InChI=1S/C12H14N2O3/c1-17-11(15)7-14-12(16)8-2-3-9-5-13-6-10(9)4-8/h2-4,13H,5-7H2,1H3,(H,14,16). The van der Waals surface area contributed by atoms with Crippen LogP contribution in [0, 0.1) is 0 Å². The topological polar surface area (TPSA) is 67.4 Å². The van der Waals surface area contributed by atoms with E-state index >= 15 is 0 Å². The molecular formula is C12H14N2O3. The van der Waals surface area contributed by atoms with E-state index in [1.165, 1.54) is 12.7 Å². The summed E-state index contributed by atoms with van der Waals surface area (Å²) in [4.78, 5) is 22.6. The highest BCUT2D eigenvalue weighted by Crippen LogP contribution is 2.16. The largest absolute Gasteiger partial charge is 0.468 e. The number of fused-ring (bicyclic) bond motifs is 1. The third kappa shape index (κ3) is 2.62. The lowest BCUT2D eigenvalue weighted by molar-refractivity contribution is -0.139. The van der Waals surface area contributed by atoms with E-state index in [1.807, 2.05) is 12.1 Å². The van der Waals surface area contributed by atoms with Gasteiger partial charge in [-0.15, -0.1) is 0 Å². The molecule has 5 nitrogen and oxygen atoms in total. The van der Waals surface area contributed by atoms with Gasteiger partial charge >= 0.3 is 5.97 Å². The SMILES string of the molecule is COC(=O)CNC(=O)c1ccc2c(c1)CNC2. The molecule has 1 aliphatic heterocycles. The highest BCUT2D eigenvalue weighted by molar-refractivity contribution is 5.96. The van der Waals surface area contributed by atoms with Crippen LogP contribution in [-0.4, -0.2) is 25.5 Å². The molecule has 90 valence electrons. The number of hydrogen-bond acceptors (Lipinski definition) is 4. The molecule has 0 radical (unpaired) electrons. The Bertz CT molecular complexity index is 457. The van der Waals surface area contributed by atoms with Crippen LogP contribution in [-0.2, 0) is 22.6 Å². The van der Waals surface area contributed by atoms with E-state index in [0.717, 1.165) is 18.7 Å². The number of hydrogen-bond donors (Lipinski definition) is 2. The zero-order valence-corrected chi connectivity index (χ0v) is 9.58. The zero-order valence-electron chi connectivity index (χ0n) is 9.58. The van der Waals surface area contributed by atoms with Crippen LogP contribution in [0.1, 0.15) is 21.5 Å². The van der Waals surface area contributed by atoms with Crippen LogP contribution < -0.4 is 10.6 Å². The first kappa shape index (κ1) is 11.6. The van der Waals surface area contributed by atoms with Gasteiger partial charge in [-0.3, -0.25) is 9.59 Å². The Morgan fingerprint density at radius 2 is 2.12 bits per heavy atom. The van der Waals surface area contributed by atoms with Crippen LogP contribution in [0.15, 0.2) is 18.2 Å². The van der Waals surface area contributed by atoms with Crippen molar-refractivity contribution in [3.8, 4) is 0 Å². The summed E-state index contributed by atoms with van der Waals surface area (Å²) in [6, 6.07) is 5.54. The van der Waals surface area contributed by atoms with Gasteiger partial charge in [0.25, 0.3) is 5.91 Å².